The zero-order valence-electron chi connectivity index (χ0n) is 12.2. The molecule has 2 aromatic carbocycles. The molecule has 128 valence electrons. The molecule has 0 amide bonds. The molecule has 1 atom stereocenters. The van der Waals surface area contributed by atoms with Crippen molar-refractivity contribution >= 4 is 5.97 Å². The fraction of sp³-hybridized carbons (Fsp3) is 0.188. The van der Waals surface area contributed by atoms with Gasteiger partial charge in [-0.3, -0.25) is 4.79 Å². The van der Waals surface area contributed by atoms with Crippen LogP contribution in [0.4, 0.5) is 17.6 Å². The first-order valence-corrected chi connectivity index (χ1v) is 6.79. The van der Waals surface area contributed by atoms with Gasteiger partial charge in [-0.05, 0) is 35.4 Å². The highest BCUT2D eigenvalue weighted by molar-refractivity contribution is 5.69. The normalized spacial score (nSPS) is 12.7. The second kappa shape index (κ2) is 6.88. The summed E-state index contributed by atoms with van der Waals surface area (Å²) in [6.07, 6.45) is -5.30. The first-order valence-electron chi connectivity index (χ1n) is 6.79. The molecule has 24 heavy (non-hydrogen) atoms. The van der Waals surface area contributed by atoms with Gasteiger partial charge in [0.25, 0.3) is 0 Å². The van der Waals surface area contributed by atoms with Crippen molar-refractivity contribution in [2.75, 3.05) is 0 Å². The van der Waals surface area contributed by atoms with Gasteiger partial charge in [0.2, 0.25) is 0 Å². The van der Waals surface area contributed by atoms with E-state index < -0.39 is 36.4 Å². The van der Waals surface area contributed by atoms with Gasteiger partial charge < -0.3 is 15.6 Å². The van der Waals surface area contributed by atoms with E-state index in [1.54, 1.807) is 0 Å². The molecule has 8 heteroatoms. The summed E-state index contributed by atoms with van der Waals surface area (Å²) in [5.74, 6) is -2.29. The van der Waals surface area contributed by atoms with Crippen molar-refractivity contribution in [2.24, 2.45) is 5.73 Å². The molecule has 0 saturated carbocycles. The maximum Gasteiger partial charge on any atom is 0.573 e. The zero-order chi connectivity index (χ0) is 17.9. The smallest absolute Gasteiger partial charge is 0.481 e. The second-order valence-corrected chi connectivity index (χ2v) is 5.02. The summed E-state index contributed by atoms with van der Waals surface area (Å²) in [6.45, 7) is 0. The van der Waals surface area contributed by atoms with Gasteiger partial charge in [-0.25, -0.2) is 4.39 Å². The zero-order valence-corrected chi connectivity index (χ0v) is 12.2. The minimum atomic E-state index is -4.82. The summed E-state index contributed by atoms with van der Waals surface area (Å²) in [5.41, 5.74) is 6.37. The van der Waals surface area contributed by atoms with E-state index in [2.05, 4.69) is 4.74 Å². The Morgan fingerprint density at radius 2 is 1.83 bits per heavy atom. The molecule has 4 nitrogen and oxygen atoms in total. The third kappa shape index (κ3) is 4.69. The Hall–Kier alpha value is -2.61. The molecular weight excluding hydrogens is 330 g/mol. The van der Waals surface area contributed by atoms with Crippen LogP contribution in [0, 0.1) is 5.82 Å². The van der Waals surface area contributed by atoms with Crippen molar-refractivity contribution in [3.05, 3.63) is 53.8 Å². The average molecular weight is 343 g/mol. The summed E-state index contributed by atoms with van der Waals surface area (Å²) in [5, 5.41) is 8.74. The molecule has 0 heterocycles. The summed E-state index contributed by atoms with van der Waals surface area (Å²) in [4.78, 5) is 10.7. The SMILES string of the molecule is N[C@@H](CC(=O)O)c1cc(-c2cccc(OC(F)(F)F)c2)ccc1F. The van der Waals surface area contributed by atoms with Gasteiger partial charge in [-0.2, -0.15) is 0 Å². The highest BCUT2D eigenvalue weighted by Crippen LogP contribution is 2.30. The fourth-order valence-corrected chi connectivity index (χ4v) is 2.18. The summed E-state index contributed by atoms with van der Waals surface area (Å²) in [6, 6.07) is 7.85. The van der Waals surface area contributed by atoms with Crippen LogP contribution in [-0.4, -0.2) is 17.4 Å². The molecule has 2 aromatic rings. The standard InChI is InChI=1S/C16H13F4NO3/c17-13-5-4-10(7-12(13)14(21)8-15(22)23)9-2-1-3-11(6-9)24-16(18,19)20/h1-7,14H,8,21H2,(H,22,23)/t14-/m0/s1. The Morgan fingerprint density at radius 1 is 1.17 bits per heavy atom. The van der Waals surface area contributed by atoms with Crippen LogP contribution in [0.1, 0.15) is 18.0 Å². The monoisotopic (exact) mass is 343 g/mol. The molecule has 0 radical (unpaired) electrons. The predicted molar refractivity (Wildman–Crippen MR) is 77.7 cm³/mol. The minimum absolute atomic E-state index is 0.0305. The number of halogens is 4. The number of carboxylic acid groups (broad SMARTS) is 1. The molecule has 0 aliphatic rings. The van der Waals surface area contributed by atoms with Crippen LogP contribution in [-0.2, 0) is 4.79 Å². The lowest BCUT2D eigenvalue weighted by Crippen LogP contribution is -2.17. The largest absolute Gasteiger partial charge is 0.573 e. The predicted octanol–water partition coefficient (Wildman–Crippen LogP) is 3.87. The molecule has 0 aliphatic heterocycles. The second-order valence-electron chi connectivity index (χ2n) is 5.02. The summed E-state index contributed by atoms with van der Waals surface area (Å²) < 4.78 is 54.5. The number of carbonyl (C=O) groups is 1. The Labute approximate surface area is 134 Å². The number of hydrogen-bond acceptors (Lipinski definition) is 3. The summed E-state index contributed by atoms with van der Waals surface area (Å²) >= 11 is 0. The number of ether oxygens (including phenoxy) is 1. The van der Waals surface area contributed by atoms with Gasteiger partial charge in [0.05, 0.1) is 6.42 Å². The van der Waals surface area contributed by atoms with Gasteiger partial charge in [-0.15, -0.1) is 13.2 Å². The van der Waals surface area contributed by atoms with Crippen molar-refractivity contribution in [2.45, 2.75) is 18.8 Å². The van der Waals surface area contributed by atoms with Gasteiger partial charge in [-0.1, -0.05) is 18.2 Å². The van der Waals surface area contributed by atoms with Crippen LogP contribution in [0.25, 0.3) is 11.1 Å². The molecule has 0 bridgehead atoms. The molecule has 2 rings (SSSR count). The highest BCUT2D eigenvalue weighted by Gasteiger charge is 2.31. The lowest BCUT2D eigenvalue weighted by molar-refractivity contribution is -0.274. The Kier molecular flexibility index (Phi) is 5.08. The number of alkyl halides is 3. The van der Waals surface area contributed by atoms with Gasteiger partial charge in [0, 0.05) is 11.6 Å². The van der Waals surface area contributed by atoms with Crippen molar-refractivity contribution < 1.29 is 32.2 Å². The van der Waals surface area contributed by atoms with Crippen LogP contribution in [0.3, 0.4) is 0 Å². The quantitative estimate of drug-likeness (QED) is 0.809. The van der Waals surface area contributed by atoms with Crippen molar-refractivity contribution in [1.82, 2.24) is 0 Å². The lowest BCUT2D eigenvalue weighted by Gasteiger charge is -2.14. The molecule has 0 unspecified atom stereocenters. The van der Waals surface area contributed by atoms with Crippen LogP contribution in [0.5, 0.6) is 5.75 Å². The van der Waals surface area contributed by atoms with Crippen molar-refractivity contribution in [3.63, 3.8) is 0 Å². The minimum Gasteiger partial charge on any atom is -0.481 e. The fourth-order valence-electron chi connectivity index (χ4n) is 2.18. The van der Waals surface area contributed by atoms with Crippen LogP contribution in [0.2, 0.25) is 0 Å². The maximum atomic E-state index is 13.8. The van der Waals surface area contributed by atoms with E-state index in [-0.39, 0.29) is 5.56 Å². The van der Waals surface area contributed by atoms with Crippen LogP contribution >= 0.6 is 0 Å². The van der Waals surface area contributed by atoms with E-state index in [0.29, 0.717) is 11.1 Å². The average Bonchev–Trinajstić information content (AvgIpc) is 2.45. The number of hydrogen-bond donors (Lipinski definition) is 2. The lowest BCUT2D eigenvalue weighted by atomic mass is 9.97. The molecule has 0 aromatic heterocycles. The Balaban J connectivity index is 2.36. The Bertz CT molecular complexity index is 746. The number of nitrogens with two attached hydrogens (primary N) is 1. The topological polar surface area (TPSA) is 72.6 Å². The highest BCUT2D eigenvalue weighted by atomic mass is 19.4. The maximum absolute atomic E-state index is 13.8. The van der Waals surface area contributed by atoms with Crippen LogP contribution in [0.15, 0.2) is 42.5 Å². The first kappa shape index (κ1) is 17.7. The van der Waals surface area contributed by atoms with Gasteiger partial charge in [0.15, 0.2) is 0 Å². The molecule has 0 saturated heterocycles. The van der Waals surface area contributed by atoms with Crippen molar-refractivity contribution in [1.29, 1.82) is 0 Å². The number of aliphatic carboxylic acids is 1. The summed E-state index contributed by atoms with van der Waals surface area (Å²) in [7, 11) is 0. The Morgan fingerprint density at radius 3 is 2.46 bits per heavy atom. The first-order chi connectivity index (χ1) is 11.2. The van der Waals surface area contributed by atoms with Gasteiger partial charge in [0.1, 0.15) is 11.6 Å². The third-order valence-corrected chi connectivity index (χ3v) is 3.19. The van der Waals surface area contributed by atoms with E-state index in [9.17, 15) is 22.4 Å². The molecule has 0 fully saturated rings. The number of carboxylic acids is 1. The molecule has 0 aliphatic carbocycles. The van der Waals surface area contributed by atoms with Crippen LogP contribution < -0.4 is 10.5 Å². The van der Waals surface area contributed by atoms with E-state index in [1.165, 1.54) is 24.3 Å². The van der Waals surface area contributed by atoms with E-state index in [0.717, 1.165) is 18.2 Å². The molecular formula is C16H13F4NO3. The number of benzene rings is 2. The van der Waals surface area contributed by atoms with Gasteiger partial charge >= 0.3 is 12.3 Å². The number of rotatable bonds is 5. The molecule has 3 N–H and O–H groups in total. The van der Waals surface area contributed by atoms with E-state index in [1.807, 2.05) is 0 Å². The third-order valence-electron chi connectivity index (χ3n) is 3.19. The van der Waals surface area contributed by atoms with Crippen molar-refractivity contribution in [3.8, 4) is 16.9 Å². The molecule has 0 spiro atoms. The van der Waals surface area contributed by atoms with E-state index >= 15 is 0 Å². The van der Waals surface area contributed by atoms with E-state index in [4.69, 9.17) is 10.8 Å².